The van der Waals surface area contributed by atoms with Gasteiger partial charge in [0.1, 0.15) is 0 Å². The van der Waals surface area contributed by atoms with E-state index in [1.165, 1.54) is 53.9 Å². The molecule has 2 nitrogen and oxygen atoms in total. The first-order valence-electron chi connectivity index (χ1n) is 12.8. The van der Waals surface area contributed by atoms with E-state index in [2.05, 4.69) is 72.8 Å². The third kappa shape index (κ3) is 2.77. The van der Waals surface area contributed by atoms with Crippen molar-refractivity contribution in [2.45, 2.75) is 0 Å². The molecule has 0 aliphatic heterocycles. The van der Waals surface area contributed by atoms with Crippen molar-refractivity contribution in [1.29, 1.82) is 0 Å². The van der Waals surface area contributed by atoms with Crippen LogP contribution in [0.4, 0.5) is 0 Å². The van der Waals surface area contributed by atoms with Crippen LogP contribution in [0.15, 0.2) is 121 Å². The molecule has 0 fully saturated rings. The van der Waals surface area contributed by atoms with E-state index in [1.807, 2.05) is 0 Å². The van der Waals surface area contributed by atoms with Crippen LogP contribution in [0.25, 0.3) is 53.9 Å². The van der Waals surface area contributed by atoms with Gasteiger partial charge >= 0.3 is 0 Å². The molecule has 176 valence electrons. The third-order valence-electron chi connectivity index (χ3n) is 7.97. The molecule has 1 aliphatic carbocycles. The number of hydrogen-bond donors (Lipinski definition) is 0. The van der Waals surface area contributed by atoms with E-state index in [0.29, 0.717) is 22.3 Å². The molecule has 8 aromatic rings. The first kappa shape index (κ1) is 21.0. The molecular weight excluding hydrogens is 464 g/mol. The van der Waals surface area contributed by atoms with Crippen LogP contribution >= 0.6 is 0 Å². The minimum Gasteiger partial charge on any atom is -0.289 e. The summed E-state index contributed by atoms with van der Waals surface area (Å²) in [5, 5.41) is 13.8. The minimum absolute atomic E-state index is 0.0641. The number of carbonyl (C=O) groups excluding carboxylic acids is 2. The van der Waals surface area contributed by atoms with Gasteiger partial charge < -0.3 is 0 Å². The van der Waals surface area contributed by atoms with Crippen LogP contribution in [0.2, 0.25) is 0 Å². The lowest BCUT2D eigenvalue weighted by Gasteiger charge is -2.17. The van der Waals surface area contributed by atoms with Crippen LogP contribution in [-0.4, -0.2) is 11.6 Å². The zero-order valence-electron chi connectivity index (χ0n) is 20.4. The fourth-order valence-electron chi connectivity index (χ4n) is 6.28. The second kappa shape index (κ2) is 7.71. The average Bonchev–Trinajstić information content (AvgIpc) is 2.99. The molecule has 0 saturated heterocycles. The van der Waals surface area contributed by atoms with Gasteiger partial charge in [-0.15, -0.1) is 0 Å². The van der Waals surface area contributed by atoms with Crippen LogP contribution in [0.3, 0.4) is 0 Å². The topological polar surface area (TPSA) is 34.1 Å². The highest BCUT2D eigenvalue weighted by molar-refractivity contribution is 6.39. The molecule has 0 atom stereocenters. The summed E-state index contributed by atoms with van der Waals surface area (Å²) in [6, 6.07) is 40.8. The van der Waals surface area contributed by atoms with Gasteiger partial charge in [0.05, 0.1) is 0 Å². The molecule has 0 amide bonds. The van der Waals surface area contributed by atoms with Gasteiger partial charge in [-0.1, -0.05) is 121 Å². The summed E-state index contributed by atoms with van der Waals surface area (Å²) in [5.41, 5.74) is 2.02. The molecule has 0 heterocycles. The fourth-order valence-corrected chi connectivity index (χ4v) is 6.28. The van der Waals surface area contributed by atoms with Crippen molar-refractivity contribution in [2.24, 2.45) is 0 Å². The molecule has 0 radical (unpaired) electrons. The summed E-state index contributed by atoms with van der Waals surface area (Å²) in [6.07, 6.45) is 0. The van der Waals surface area contributed by atoms with E-state index < -0.39 is 0 Å². The minimum atomic E-state index is -0.0641. The van der Waals surface area contributed by atoms with Crippen molar-refractivity contribution >= 4 is 65.4 Å². The molecule has 9 rings (SSSR count). The Labute approximate surface area is 218 Å². The van der Waals surface area contributed by atoms with Gasteiger partial charge in [0, 0.05) is 22.3 Å². The van der Waals surface area contributed by atoms with Gasteiger partial charge in [-0.3, -0.25) is 9.59 Å². The molecule has 0 bridgehead atoms. The lowest BCUT2D eigenvalue weighted by atomic mass is 9.84. The molecule has 1 aliphatic rings. The standard InChI is InChI=1S/C22H12.C14H8O2/c1-3-13-7-9-15-11-12-16-10-8-14-4-2-6-18-17(5-1)19(13)21(15)22(16)20(14)18;15-13-9-5-1-2-6-10(9)14(16)12-8-4-3-7-11(12)13/h1-12H;1-8H. The number of hydrogen-bond acceptors (Lipinski definition) is 2. The highest BCUT2D eigenvalue weighted by Gasteiger charge is 2.28. The highest BCUT2D eigenvalue weighted by atomic mass is 16.1. The van der Waals surface area contributed by atoms with Gasteiger partial charge in [0.15, 0.2) is 11.6 Å². The maximum Gasteiger partial charge on any atom is 0.194 e. The van der Waals surface area contributed by atoms with Crippen molar-refractivity contribution in [1.82, 2.24) is 0 Å². The summed E-state index contributed by atoms with van der Waals surface area (Å²) in [6.45, 7) is 0. The summed E-state index contributed by atoms with van der Waals surface area (Å²) in [5.74, 6) is -0.128. The van der Waals surface area contributed by atoms with Gasteiger partial charge in [-0.05, 0) is 53.9 Å². The summed E-state index contributed by atoms with van der Waals surface area (Å²) in [7, 11) is 0. The summed E-state index contributed by atoms with van der Waals surface area (Å²) in [4.78, 5) is 24.2. The monoisotopic (exact) mass is 484 g/mol. The van der Waals surface area contributed by atoms with Crippen molar-refractivity contribution in [3.8, 4) is 0 Å². The average molecular weight is 485 g/mol. The van der Waals surface area contributed by atoms with Crippen molar-refractivity contribution < 1.29 is 9.59 Å². The Morgan fingerprint density at radius 1 is 0.289 bits per heavy atom. The van der Waals surface area contributed by atoms with Crippen molar-refractivity contribution in [3.63, 3.8) is 0 Å². The van der Waals surface area contributed by atoms with Crippen molar-refractivity contribution in [3.05, 3.63) is 144 Å². The number of carbonyl (C=O) groups is 2. The Morgan fingerprint density at radius 2 is 0.605 bits per heavy atom. The van der Waals surface area contributed by atoms with E-state index in [0.717, 1.165) is 0 Å². The Balaban J connectivity index is 0.000000125. The van der Waals surface area contributed by atoms with E-state index >= 15 is 0 Å². The Morgan fingerprint density at radius 3 is 0.947 bits per heavy atom. The van der Waals surface area contributed by atoms with Crippen LogP contribution in [0.5, 0.6) is 0 Å². The smallest absolute Gasteiger partial charge is 0.194 e. The Kier molecular flexibility index (Phi) is 4.27. The second-order valence-electron chi connectivity index (χ2n) is 9.95. The summed E-state index contributed by atoms with van der Waals surface area (Å²) >= 11 is 0. The predicted molar refractivity (Wildman–Crippen MR) is 156 cm³/mol. The largest absolute Gasteiger partial charge is 0.289 e. The maximum atomic E-state index is 12.1. The number of rotatable bonds is 0. The van der Waals surface area contributed by atoms with Crippen LogP contribution < -0.4 is 0 Å². The molecule has 0 unspecified atom stereocenters. The normalized spacial score (nSPS) is 12.8. The number of benzene rings is 8. The molecule has 0 spiro atoms. The molecule has 0 N–H and O–H groups in total. The van der Waals surface area contributed by atoms with Crippen molar-refractivity contribution in [2.75, 3.05) is 0 Å². The van der Waals surface area contributed by atoms with Gasteiger partial charge in [-0.2, -0.15) is 0 Å². The zero-order chi connectivity index (χ0) is 25.4. The molecule has 2 heteroatoms. The first-order valence-corrected chi connectivity index (χ1v) is 12.8. The molecule has 0 saturated carbocycles. The van der Waals surface area contributed by atoms with Gasteiger partial charge in [0.2, 0.25) is 0 Å². The van der Waals surface area contributed by atoms with Crippen LogP contribution in [-0.2, 0) is 0 Å². The fraction of sp³-hybridized carbons (Fsp3) is 0. The maximum absolute atomic E-state index is 12.1. The highest BCUT2D eigenvalue weighted by Crippen LogP contribution is 2.44. The lowest BCUT2D eigenvalue weighted by molar-refractivity contribution is 0.0979. The molecular formula is C36H20O2. The quantitative estimate of drug-likeness (QED) is 0.159. The van der Waals surface area contributed by atoms with Gasteiger partial charge in [-0.25, -0.2) is 0 Å². The number of ketones is 2. The van der Waals surface area contributed by atoms with E-state index in [-0.39, 0.29) is 11.6 Å². The first-order chi connectivity index (χ1) is 18.7. The zero-order valence-corrected chi connectivity index (χ0v) is 20.4. The number of fused-ring (bicyclic) bond motifs is 3. The Bertz CT molecular complexity index is 2000. The third-order valence-corrected chi connectivity index (χ3v) is 7.97. The second-order valence-corrected chi connectivity index (χ2v) is 9.95. The lowest BCUT2D eigenvalue weighted by Crippen LogP contribution is -2.20. The molecule has 38 heavy (non-hydrogen) atoms. The molecule has 8 aromatic carbocycles. The van der Waals surface area contributed by atoms with Gasteiger partial charge in [0.25, 0.3) is 0 Å². The molecule has 0 aromatic heterocycles. The van der Waals surface area contributed by atoms with Crippen LogP contribution in [0, 0.1) is 0 Å². The van der Waals surface area contributed by atoms with Crippen LogP contribution in [0.1, 0.15) is 31.8 Å². The van der Waals surface area contributed by atoms with E-state index in [9.17, 15) is 9.59 Å². The summed E-state index contributed by atoms with van der Waals surface area (Å²) < 4.78 is 0. The Hall–Kier alpha value is -5.08. The predicted octanol–water partition coefficient (Wildman–Crippen LogP) is 8.79. The SMILES string of the molecule is O=C1c2ccccc2C(=O)c2ccccc21.c1cc2ccc3ccc4ccc5cccc6c(c1)c2c3c4c56. The van der Waals surface area contributed by atoms with E-state index in [1.54, 1.807) is 48.5 Å². The van der Waals surface area contributed by atoms with E-state index in [4.69, 9.17) is 0 Å².